The molecule has 16 nitrogen and oxygen atoms in total. The molecule has 0 saturated carbocycles. The lowest BCUT2D eigenvalue weighted by atomic mass is 9.78. The molecule has 0 aromatic heterocycles. The number of carbonyl (C=O) groups is 7. The zero-order chi connectivity index (χ0) is 51.2. The lowest BCUT2D eigenvalue weighted by Gasteiger charge is -2.41. The van der Waals surface area contributed by atoms with Crippen LogP contribution in [0.5, 0.6) is 0 Å². The number of benzene rings is 1. The van der Waals surface area contributed by atoms with E-state index < -0.39 is 65.4 Å². The fraction of sp³-hybridized carbons (Fsp3) is 0.653. The summed E-state index contributed by atoms with van der Waals surface area (Å²) < 4.78 is 23.6. The van der Waals surface area contributed by atoms with Crippen LogP contribution in [0.15, 0.2) is 35.9 Å². The number of ether oxygens (including phenoxy) is 4. The van der Waals surface area contributed by atoms with Gasteiger partial charge in [-0.25, -0.2) is 4.79 Å². The third-order valence-electron chi connectivity index (χ3n) is 13.5. The van der Waals surface area contributed by atoms with Crippen molar-refractivity contribution in [2.45, 2.75) is 151 Å². The van der Waals surface area contributed by atoms with Crippen LogP contribution in [0.3, 0.4) is 0 Å². The van der Waals surface area contributed by atoms with E-state index in [1.807, 2.05) is 45.9 Å². The van der Waals surface area contributed by atoms with Crippen molar-refractivity contribution in [2.24, 2.45) is 5.92 Å². The predicted molar refractivity (Wildman–Crippen MR) is 270 cm³/mol. The Morgan fingerprint density at radius 3 is 2.51 bits per heavy atom. The number of carbonyl (C=O) groups excluding carboxylic acids is 7. The summed E-state index contributed by atoms with van der Waals surface area (Å²) in [6.07, 6.45) is 5.14. The van der Waals surface area contributed by atoms with Gasteiger partial charge in [0.25, 0.3) is 5.91 Å². The van der Waals surface area contributed by atoms with Crippen molar-refractivity contribution in [1.29, 1.82) is 0 Å². The Morgan fingerprint density at radius 1 is 1.13 bits per heavy atom. The fourth-order valence-electron chi connectivity index (χ4n) is 8.94. The van der Waals surface area contributed by atoms with Gasteiger partial charge in [-0.1, -0.05) is 70.0 Å². The van der Waals surface area contributed by atoms with E-state index in [2.05, 4.69) is 5.32 Å². The average Bonchev–Trinajstić information content (AvgIpc) is 3.91. The average molecular weight is 1040 g/mol. The molecule has 9 atom stereocenters. The molecular weight excluding hydrogens is 968 g/mol. The Balaban J connectivity index is 1.22. The van der Waals surface area contributed by atoms with Crippen molar-refractivity contribution in [3.05, 3.63) is 52.1 Å². The molecule has 3 fully saturated rings. The van der Waals surface area contributed by atoms with Crippen molar-refractivity contribution >= 4 is 92.1 Å². The molecule has 4 aliphatic heterocycles. The van der Waals surface area contributed by atoms with Crippen molar-refractivity contribution in [3.8, 4) is 0 Å². The van der Waals surface area contributed by atoms with Gasteiger partial charge in [0.15, 0.2) is 0 Å². The molecule has 1 unspecified atom stereocenters. The number of aliphatic hydroxyl groups is 1. The number of epoxide rings is 1. The van der Waals surface area contributed by atoms with Gasteiger partial charge < -0.3 is 39.2 Å². The minimum absolute atomic E-state index is 0.0190. The number of hydrogen-bond donors (Lipinski definition) is 2. The minimum atomic E-state index is -1.61. The smallest absolute Gasteiger partial charge is 0.329 e. The molecule has 1 aromatic carbocycles. The number of rotatable bonds is 17. The SMILES string of the molecule is CO[C@@H]1/C=C/C=C(\C)Cc2cc(C)c(Cl)c(c2)N(C)C(=O)[C@H](OC(=O)[C@H](C)N(C)C(=O)CCC(C)(C)SSCCCC(=O)NCCN2C(=O)CC(SC)C2=O)[C@]2(C)O[C@H]2[C@H](C)[C@@H]2C[C@@]1(O)CC(=O)O2. The van der Waals surface area contributed by atoms with Crippen LogP contribution in [0.2, 0.25) is 5.02 Å². The standard InChI is InChI=1S/C49H69ClN4O12S3/c1-28-14-12-15-36(63-10)49(62)26-34(64-40(58)27-49)30(3)42-48(7,66-42)43(45(60)53(9)33-24-32(22-28)23-29(2)41(33)50)65-46(61)31(4)52(8)38(56)17-18-47(5,6)69-68-21-13-16-37(55)51-19-20-54-39(57)25-35(67-11)44(54)59/h12,14-15,23-24,30-31,34-36,42-43,62H,13,16-22,25-27H2,1-11H3,(H,51,55)/b15-12+,28-14+/t30-,31+,34+,35?,36-,42+,43+,48-,49-/m1/s1. The number of methoxy groups -OCH3 is 1. The monoisotopic (exact) mass is 1040 g/mol. The maximum absolute atomic E-state index is 14.8. The number of likely N-dealkylation sites (tertiary alicyclic amines) is 1. The van der Waals surface area contributed by atoms with Crippen LogP contribution in [-0.2, 0) is 58.9 Å². The summed E-state index contributed by atoms with van der Waals surface area (Å²) in [5.41, 5.74) is -0.0602. The number of anilines is 1. The molecule has 0 spiro atoms. The van der Waals surface area contributed by atoms with E-state index in [0.717, 1.165) is 16.7 Å². The lowest BCUT2D eigenvalue weighted by molar-refractivity contribution is -0.187. The number of likely N-dealkylation sites (N-methyl/N-ethyl adjacent to an activating group) is 2. The largest absolute Gasteiger partial charge is 0.462 e. The highest BCUT2D eigenvalue weighted by Crippen LogP contribution is 2.49. The second-order valence-electron chi connectivity index (χ2n) is 19.4. The van der Waals surface area contributed by atoms with E-state index in [4.69, 9.17) is 30.5 Å². The second-order valence-corrected chi connectivity index (χ2v) is 23.9. The Hall–Kier alpha value is -3.59. The van der Waals surface area contributed by atoms with E-state index in [0.29, 0.717) is 42.1 Å². The zero-order valence-electron chi connectivity index (χ0n) is 41.6. The van der Waals surface area contributed by atoms with Crippen LogP contribution >= 0.6 is 45.0 Å². The summed E-state index contributed by atoms with van der Waals surface area (Å²) in [6.45, 7) is 13.2. The van der Waals surface area contributed by atoms with E-state index in [1.165, 1.54) is 47.5 Å². The molecule has 3 saturated heterocycles. The van der Waals surface area contributed by atoms with Crippen molar-refractivity contribution in [3.63, 3.8) is 0 Å². The third kappa shape index (κ3) is 13.9. The maximum atomic E-state index is 14.8. The number of allylic oxidation sites excluding steroid dienone is 3. The molecule has 5 rings (SSSR count). The first-order chi connectivity index (χ1) is 32.4. The van der Waals surface area contributed by atoms with Gasteiger partial charge in [-0.15, -0.1) is 0 Å². The van der Waals surface area contributed by atoms with Gasteiger partial charge in [0, 0.05) is 76.4 Å². The van der Waals surface area contributed by atoms with Crippen LogP contribution in [-0.4, -0.2) is 154 Å². The molecule has 20 heteroatoms. The Kier molecular flexibility index (Phi) is 19.4. The summed E-state index contributed by atoms with van der Waals surface area (Å²) in [5, 5.41) is 14.7. The maximum Gasteiger partial charge on any atom is 0.329 e. The number of esters is 2. The first-order valence-electron chi connectivity index (χ1n) is 23.3. The van der Waals surface area contributed by atoms with Crippen LogP contribution < -0.4 is 10.2 Å². The highest BCUT2D eigenvalue weighted by molar-refractivity contribution is 8.77. The van der Waals surface area contributed by atoms with Gasteiger partial charge in [0.1, 0.15) is 29.5 Å². The fourth-order valence-corrected chi connectivity index (χ4v) is 12.5. The van der Waals surface area contributed by atoms with Crippen molar-refractivity contribution < 1.29 is 57.6 Å². The third-order valence-corrected chi connectivity index (χ3v) is 18.3. The van der Waals surface area contributed by atoms with Gasteiger partial charge in [0.05, 0.1) is 28.5 Å². The van der Waals surface area contributed by atoms with Gasteiger partial charge in [-0.3, -0.25) is 33.7 Å². The predicted octanol–water partition coefficient (Wildman–Crippen LogP) is 6.00. The molecule has 2 N–H and O–H groups in total. The van der Waals surface area contributed by atoms with Crippen molar-refractivity contribution in [2.75, 3.05) is 51.2 Å². The normalized spacial score (nSPS) is 29.2. The number of nitrogens with zero attached hydrogens (tertiary/aromatic N) is 3. The van der Waals surface area contributed by atoms with Crippen LogP contribution in [0.4, 0.5) is 5.69 Å². The van der Waals surface area contributed by atoms with Crippen LogP contribution in [0, 0.1) is 12.8 Å². The molecule has 0 aliphatic carbocycles. The molecule has 5 amide bonds. The summed E-state index contributed by atoms with van der Waals surface area (Å²) in [5.74, 6) is -2.84. The number of hydrogen-bond acceptors (Lipinski definition) is 15. The van der Waals surface area contributed by atoms with Gasteiger partial charge >= 0.3 is 11.9 Å². The number of thioether (sulfide) groups is 1. The molecule has 4 aliphatic rings. The summed E-state index contributed by atoms with van der Waals surface area (Å²) in [4.78, 5) is 96.4. The second kappa shape index (κ2) is 23.8. The number of aryl methyl sites for hydroxylation is 1. The van der Waals surface area contributed by atoms with E-state index in [9.17, 15) is 38.7 Å². The highest BCUT2D eigenvalue weighted by Gasteiger charge is 2.66. The van der Waals surface area contributed by atoms with Gasteiger partial charge in [-0.2, -0.15) is 11.8 Å². The van der Waals surface area contributed by atoms with Gasteiger partial charge in [-0.05, 0) is 84.3 Å². The van der Waals surface area contributed by atoms with Gasteiger partial charge in [0.2, 0.25) is 29.7 Å². The number of amides is 5. The van der Waals surface area contributed by atoms with E-state index >= 15 is 0 Å². The number of fused-ring (bicyclic) bond motifs is 5. The summed E-state index contributed by atoms with van der Waals surface area (Å²) >= 11 is 8.22. The minimum Gasteiger partial charge on any atom is -0.462 e. The first kappa shape index (κ1) is 56.3. The van der Waals surface area contributed by atoms with E-state index in [1.54, 1.807) is 60.9 Å². The molecule has 4 bridgehead atoms. The number of nitrogens with one attached hydrogen (secondary N) is 1. The Bertz CT molecular complexity index is 2190. The topological polar surface area (TPSA) is 202 Å². The molecule has 0 radical (unpaired) electrons. The molecule has 69 heavy (non-hydrogen) atoms. The molecular formula is C49H69ClN4O12S3. The zero-order valence-corrected chi connectivity index (χ0v) is 44.8. The Morgan fingerprint density at radius 2 is 1.84 bits per heavy atom. The lowest BCUT2D eigenvalue weighted by Crippen LogP contribution is -2.54. The van der Waals surface area contributed by atoms with Crippen LogP contribution in [0.25, 0.3) is 0 Å². The first-order valence-corrected chi connectivity index (χ1v) is 27.3. The number of imide groups is 1. The molecule has 4 heterocycles. The Labute approximate surface area is 423 Å². The highest BCUT2D eigenvalue weighted by atomic mass is 35.5. The van der Waals surface area contributed by atoms with Crippen LogP contribution in [0.1, 0.15) is 97.6 Å². The molecule has 1 aromatic rings. The molecule has 382 valence electrons. The summed E-state index contributed by atoms with van der Waals surface area (Å²) in [7, 11) is 7.73. The summed E-state index contributed by atoms with van der Waals surface area (Å²) in [6, 6.07) is 2.66. The van der Waals surface area contributed by atoms with E-state index in [-0.39, 0.29) is 72.4 Å². The number of halogens is 1. The quantitative estimate of drug-likeness (QED) is 0.0605. The van der Waals surface area contributed by atoms with Crippen molar-refractivity contribution in [1.82, 2.24) is 15.1 Å².